The summed E-state index contributed by atoms with van der Waals surface area (Å²) in [7, 11) is 1.75. The van der Waals surface area contributed by atoms with Crippen LogP contribution in [0.3, 0.4) is 0 Å². The van der Waals surface area contributed by atoms with Crippen LogP contribution in [0.5, 0.6) is 0 Å². The average Bonchev–Trinajstić information content (AvgIpc) is 2.23. The molecule has 80 valence electrons. The Morgan fingerprint density at radius 2 is 1.87 bits per heavy atom. The van der Waals surface area contributed by atoms with Gasteiger partial charge in [0, 0.05) is 12.1 Å². The van der Waals surface area contributed by atoms with Crippen LogP contribution in [0.25, 0.3) is 6.08 Å². The number of carbonyl (C=O) groups excluding carboxylic acids is 1. The summed E-state index contributed by atoms with van der Waals surface area (Å²) in [6, 6.07) is 1.90. The molecule has 4 heteroatoms. The van der Waals surface area contributed by atoms with Crippen LogP contribution < -0.4 is 5.32 Å². The van der Waals surface area contributed by atoms with Crippen molar-refractivity contribution < 1.29 is 13.6 Å². The van der Waals surface area contributed by atoms with E-state index in [1.165, 1.54) is 6.08 Å². The Labute approximate surface area is 86.6 Å². The maximum Gasteiger partial charge on any atom is 0.153 e. The van der Waals surface area contributed by atoms with Crippen LogP contribution in [-0.4, -0.2) is 19.9 Å². The molecule has 0 atom stereocenters. The Kier molecular flexibility index (Phi) is 4.12. The molecule has 0 amide bonds. The van der Waals surface area contributed by atoms with E-state index in [0.29, 0.717) is 12.8 Å². The highest BCUT2D eigenvalue weighted by atomic mass is 19.1. The molecular formula is C11H11F2NO. The van der Waals surface area contributed by atoms with E-state index in [1.807, 2.05) is 0 Å². The summed E-state index contributed by atoms with van der Waals surface area (Å²) in [4.78, 5) is 10.3. The van der Waals surface area contributed by atoms with Crippen molar-refractivity contribution in [2.24, 2.45) is 0 Å². The lowest BCUT2D eigenvalue weighted by Crippen LogP contribution is -2.03. The van der Waals surface area contributed by atoms with E-state index in [4.69, 9.17) is 0 Å². The van der Waals surface area contributed by atoms with Crippen molar-refractivity contribution in [3.63, 3.8) is 0 Å². The zero-order valence-corrected chi connectivity index (χ0v) is 8.26. The van der Waals surface area contributed by atoms with Crippen molar-refractivity contribution in [2.45, 2.75) is 0 Å². The van der Waals surface area contributed by atoms with Crippen LogP contribution in [0.1, 0.15) is 15.9 Å². The smallest absolute Gasteiger partial charge is 0.153 e. The first-order valence-electron chi connectivity index (χ1n) is 4.44. The molecule has 1 N–H and O–H groups in total. The quantitative estimate of drug-likeness (QED) is 0.772. The Hall–Kier alpha value is -1.55. The fourth-order valence-corrected chi connectivity index (χ4v) is 1.10. The monoisotopic (exact) mass is 211 g/mol. The molecule has 1 aromatic rings. The van der Waals surface area contributed by atoms with E-state index in [1.54, 1.807) is 13.1 Å². The molecular weight excluding hydrogens is 200 g/mol. The molecule has 0 aliphatic carbocycles. The lowest BCUT2D eigenvalue weighted by atomic mass is 10.1. The van der Waals surface area contributed by atoms with Crippen LogP contribution in [0, 0.1) is 11.6 Å². The van der Waals surface area contributed by atoms with Crippen LogP contribution in [0.4, 0.5) is 8.78 Å². The second-order valence-corrected chi connectivity index (χ2v) is 2.97. The summed E-state index contributed by atoms with van der Waals surface area (Å²) >= 11 is 0. The lowest BCUT2D eigenvalue weighted by Gasteiger charge is -2.00. The van der Waals surface area contributed by atoms with Crippen molar-refractivity contribution in [3.05, 3.63) is 41.0 Å². The molecule has 0 aromatic heterocycles. The van der Waals surface area contributed by atoms with Crippen molar-refractivity contribution in [3.8, 4) is 0 Å². The summed E-state index contributed by atoms with van der Waals surface area (Å²) in [5, 5.41) is 2.84. The molecule has 0 radical (unpaired) electrons. The number of benzene rings is 1. The molecule has 2 nitrogen and oxygen atoms in total. The zero-order chi connectivity index (χ0) is 11.3. The van der Waals surface area contributed by atoms with Gasteiger partial charge in [-0.1, -0.05) is 12.2 Å². The van der Waals surface area contributed by atoms with Gasteiger partial charge >= 0.3 is 0 Å². The van der Waals surface area contributed by atoms with Gasteiger partial charge in [-0.15, -0.1) is 0 Å². The highest BCUT2D eigenvalue weighted by Gasteiger charge is 2.06. The van der Waals surface area contributed by atoms with Gasteiger partial charge in [0.1, 0.15) is 11.6 Å². The van der Waals surface area contributed by atoms with E-state index in [-0.39, 0.29) is 11.1 Å². The van der Waals surface area contributed by atoms with Crippen LogP contribution in [-0.2, 0) is 0 Å². The molecule has 1 rings (SSSR count). The number of nitrogens with one attached hydrogen (secondary N) is 1. The van der Waals surface area contributed by atoms with Crippen molar-refractivity contribution >= 4 is 12.4 Å². The number of hydrogen-bond donors (Lipinski definition) is 1. The van der Waals surface area contributed by atoms with Gasteiger partial charge in [0.05, 0.1) is 5.56 Å². The van der Waals surface area contributed by atoms with Crippen LogP contribution >= 0.6 is 0 Å². The SMILES string of the molecule is CNCC=Cc1cc(F)c(C=O)cc1F. The normalized spacial score (nSPS) is 10.9. The second-order valence-electron chi connectivity index (χ2n) is 2.97. The number of halogens is 2. The van der Waals surface area contributed by atoms with Crippen LogP contribution in [0.2, 0.25) is 0 Å². The predicted octanol–water partition coefficient (Wildman–Crippen LogP) is 2.01. The number of hydrogen-bond acceptors (Lipinski definition) is 2. The van der Waals surface area contributed by atoms with Crippen molar-refractivity contribution in [2.75, 3.05) is 13.6 Å². The first kappa shape index (κ1) is 11.5. The molecule has 0 saturated heterocycles. The molecule has 0 spiro atoms. The molecule has 0 aliphatic heterocycles. The molecule has 0 heterocycles. The molecule has 0 aliphatic rings. The Morgan fingerprint density at radius 1 is 1.27 bits per heavy atom. The Morgan fingerprint density at radius 3 is 2.47 bits per heavy atom. The van der Waals surface area contributed by atoms with Gasteiger partial charge in [0.25, 0.3) is 0 Å². The Bertz CT molecular complexity index is 388. The molecule has 0 unspecified atom stereocenters. The Balaban J connectivity index is 3.00. The molecule has 15 heavy (non-hydrogen) atoms. The topological polar surface area (TPSA) is 29.1 Å². The number of likely N-dealkylation sites (N-methyl/N-ethyl adjacent to an activating group) is 1. The molecule has 0 saturated carbocycles. The third-order valence-electron chi connectivity index (χ3n) is 1.86. The van der Waals surface area contributed by atoms with Gasteiger partial charge in [0.2, 0.25) is 0 Å². The third-order valence-corrected chi connectivity index (χ3v) is 1.86. The maximum atomic E-state index is 13.2. The minimum absolute atomic E-state index is 0.133. The van der Waals surface area contributed by atoms with Gasteiger partial charge in [-0.2, -0.15) is 0 Å². The van der Waals surface area contributed by atoms with Crippen molar-refractivity contribution in [1.82, 2.24) is 5.32 Å². The molecule has 0 bridgehead atoms. The van der Waals surface area contributed by atoms with E-state index in [2.05, 4.69) is 5.32 Å². The summed E-state index contributed by atoms with van der Waals surface area (Å²) in [5.74, 6) is -1.32. The maximum absolute atomic E-state index is 13.2. The van der Waals surface area contributed by atoms with Gasteiger partial charge in [-0.3, -0.25) is 4.79 Å². The van der Waals surface area contributed by atoms with Gasteiger partial charge in [-0.25, -0.2) is 8.78 Å². The fourth-order valence-electron chi connectivity index (χ4n) is 1.10. The number of aldehydes is 1. The van der Waals surface area contributed by atoms with E-state index < -0.39 is 11.6 Å². The predicted molar refractivity (Wildman–Crippen MR) is 54.7 cm³/mol. The van der Waals surface area contributed by atoms with Crippen LogP contribution in [0.15, 0.2) is 18.2 Å². The highest BCUT2D eigenvalue weighted by molar-refractivity contribution is 5.76. The summed E-state index contributed by atoms with van der Waals surface area (Å²) in [5.41, 5.74) is -0.133. The van der Waals surface area contributed by atoms with Gasteiger partial charge < -0.3 is 5.32 Å². The minimum atomic E-state index is -0.712. The largest absolute Gasteiger partial charge is 0.316 e. The van der Waals surface area contributed by atoms with E-state index >= 15 is 0 Å². The van der Waals surface area contributed by atoms with Gasteiger partial charge in [-0.05, 0) is 19.2 Å². The average molecular weight is 211 g/mol. The summed E-state index contributed by atoms with van der Waals surface area (Å²) in [6.45, 7) is 0.566. The molecule has 1 aromatic carbocycles. The standard InChI is InChI=1S/C11H11F2NO/c1-14-4-2-3-8-5-11(13)9(7-15)6-10(8)12/h2-3,5-7,14H,4H2,1H3. The number of rotatable bonds is 4. The zero-order valence-electron chi connectivity index (χ0n) is 8.26. The fraction of sp³-hybridized carbons (Fsp3) is 0.182. The second kappa shape index (κ2) is 5.36. The molecule has 0 fully saturated rings. The van der Waals surface area contributed by atoms with Gasteiger partial charge in [0.15, 0.2) is 6.29 Å². The van der Waals surface area contributed by atoms with Crippen molar-refractivity contribution in [1.29, 1.82) is 0 Å². The first-order valence-corrected chi connectivity index (χ1v) is 4.44. The lowest BCUT2D eigenvalue weighted by molar-refractivity contribution is 0.111. The highest BCUT2D eigenvalue weighted by Crippen LogP contribution is 2.14. The minimum Gasteiger partial charge on any atom is -0.316 e. The van der Waals surface area contributed by atoms with E-state index in [9.17, 15) is 13.6 Å². The summed E-state index contributed by atoms with van der Waals surface area (Å²) < 4.78 is 26.3. The first-order chi connectivity index (χ1) is 7.19. The van der Waals surface area contributed by atoms with E-state index in [0.717, 1.165) is 12.1 Å². The number of carbonyl (C=O) groups is 1. The summed E-state index contributed by atoms with van der Waals surface area (Å²) in [6.07, 6.45) is 3.42. The third kappa shape index (κ3) is 2.95.